The monoisotopic (exact) mass is 310 g/mol. The standard InChI is InChI=1S/C13H15BrN2S/c1-10(2)16(9-11-5-4-8-17-11)13-7-3-6-12(14)15-13/h3-8,10H,9H2,1-2H3. The van der Waals surface area contributed by atoms with E-state index in [2.05, 4.69) is 63.2 Å². The Hall–Kier alpha value is -0.870. The first-order valence-corrected chi connectivity index (χ1v) is 7.25. The van der Waals surface area contributed by atoms with E-state index in [-0.39, 0.29) is 0 Å². The minimum absolute atomic E-state index is 0.430. The van der Waals surface area contributed by atoms with Gasteiger partial charge in [-0.3, -0.25) is 0 Å². The van der Waals surface area contributed by atoms with Crippen molar-refractivity contribution < 1.29 is 0 Å². The summed E-state index contributed by atoms with van der Waals surface area (Å²) in [6.45, 7) is 5.30. The second kappa shape index (κ2) is 5.65. The average molecular weight is 311 g/mol. The molecule has 90 valence electrons. The molecule has 0 N–H and O–H groups in total. The quantitative estimate of drug-likeness (QED) is 0.782. The zero-order valence-corrected chi connectivity index (χ0v) is 12.3. The van der Waals surface area contributed by atoms with Crippen molar-refractivity contribution in [1.29, 1.82) is 0 Å². The number of halogens is 1. The summed E-state index contributed by atoms with van der Waals surface area (Å²) in [5.41, 5.74) is 0. The Morgan fingerprint density at radius 1 is 1.29 bits per heavy atom. The van der Waals surface area contributed by atoms with E-state index in [1.807, 2.05) is 12.1 Å². The Bertz CT molecular complexity index is 468. The minimum atomic E-state index is 0.430. The molecule has 0 aromatic carbocycles. The SMILES string of the molecule is CC(C)N(Cc1cccs1)c1cccc(Br)n1. The predicted molar refractivity (Wildman–Crippen MR) is 77.6 cm³/mol. The van der Waals surface area contributed by atoms with E-state index in [0.717, 1.165) is 17.0 Å². The van der Waals surface area contributed by atoms with Gasteiger partial charge in [-0.15, -0.1) is 11.3 Å². The molecular formula is C13H15BrN2S. The van der Waals surface area contributed by atoms with Crippen molar-refractivity contribution in [3.05, 3.63) is 45.2 Å². The molecule has 0 bridgehead atoms. The van der Waals surface area contributed by atoms with E-state index >= 15 is 0 Å². The highest BCUT2D eigenvalue weighted by Gasteiger charge is 2.13. The number of rotatable bonds is 4. The molecule has 0 aliphatic carbocycles. The van der Waals surface area contributed by atoms with Crippen LogP contribution in [0.2, 0.25) is 0 Å². The highest BCUT2D eigenvalue weighted by Crippen LogP contribution is 2.21. The first-order chi connectivity index (χ1) is 8.16. The lowest BCUT2D eigenvalue weighted by atomic mass is 10.3. The van der Waals surface area contributed by atoms with Gasteiger partial charge in [-0.2, -0.15) is 0 Å². The Morgan fingerprint density at radius 3 is 2.71 bits per heavy atom. The first kappa shape index (κ1) is 12.6. The van der Waals surface area contributed by atoms with E-state index in [4.69, 9.17) is 0 Å². The molecule has 2 aromatic rings. The van der Waals surface area contributed by atoms with Gasteiger partial charge in [0, 0.05) is 10.9 Å². The predicted octanol–water partition coefficient (Wildman–Crippen LogP) is 4.32. The maximum absolute atomic E-state index is 4.52. The van der Waals surface area contributed by atoms with Gasteiger partial charge in [-0.05, 0) is 53.4 Å². The van der Waals surface area contributed by atoms with Gasteiger partial charge in [0.15, 0.2) is 0 Å². The second-order valence-corrected chi connectivity index (χ2v) is 5.96. The van der Waals surface area contributed by atoms with Crippen molar-refractivity contribution in [3.63, 3.8) is 0 Å². The molecule has 2 nitrogen and oxygen atoms in total. The van der Waals surface area contributed by atoms with Crippen LogP contribution < -0.4 is 4.90 Å². The van der Waals surface area contributed by atoms with Crippen molar-refractivity contribution in [1.82, 2.24) is 4.98 Å². The smallest absolute Gasteiger partial charge is 0.130 e. The van der Waals surface area contributed by atoms with Crippen LogP contribution in [0.4, 0.5) is 5.82 Å². The number of thiophene rings is 1. The Labute approximate surface area is 114 Å². The number of hydrogen-bond acceptors (Lipinski definition) is 3. The van der Waals surface area contributed by atoms with Gasteiger partial charge < -0.3 is 4.90 Å². The van der Waals surface area contributed by atoms with E-state index in [9.17, 15) is 0 Å². The van der Waals surface area contributed by atoms with Crippen molar-refractivity contribution in [2.75, 3.05) is 4.90 Å². The summed E-state index contributed by atoms with van der Waals surface area (Å²) < 4.78 is 0.881. The lowest BCUT2D eigenvalue weighted by Gasteiger charge is -2.27. The van der Waals surface area contributed by atoms with Crippen molar-refractivity contribution >= 4 is 33.1 Å². The third kappa shape index (κ3) is 3.30. The lowest BCUT2D eigenvalue weighted by molar-refractivity contribution is 0.676. The van der Waals surface area contributed by atoms with Gasteiger partial charge >= 0.3 is 0 Å². The summed E-state index contributed by atoms with van der Waals surface area (Å²) in [4.78, 5) is 8.19. The van der Waals surface area contributed by atoms with Crippen LogP contribution in [0.1, 0.15) is 18.7 Å². The highest BCUT2D eigenvalue weighted by atomic mass is 79.9. The van der Waals surface area contributed by atoms with Gasteiger partial charge in [-0.25, -0.2) is 4.98 Å². The Kier molecular flexibility index (Phi) is 4.18. The fraction of sp³-hybridized carbons (Fsp3) is 0.308. The highest BCUT2D eigenvalue weighted by molar-refractivity contribution is 9.10. The van der Waals surface area contributed by atoms with Crippen LogP contribution in [0.25, 0.3) is 0 Å². The topological polar surface area (TPSA) is 16.1 Å². The minimum Gasteiger partial charge on any atom is -0.349 e. The van der Waals surface area contributed by atoms with Gasteiger partial charge in [0.25, 0.3) is 0 Å². The van der Waals surface area contributed by atoms with Crippen LogP contribution in [-0.2, 0) is 6.54 Å². The second-order valence-electron chi connectivity index (χ2n) is 4.12. The molecular weight excluding hydrogens is 296 g/mol. The van der Waals surface area contributed by atoms with E-state index in [0.29, 0.717) is 6.04 Å². The van der Waals surface area contributed by atoms with Gasteiger partial charge in [0.1, 0.15) is 10.4 Å². The van der Waals surface area contributed by atoms with E-state index < -0.39 is 0 Å². The Morgan fingerprint density at radius 2 is 2.12 bits per heavy atom. The van der Waals surface area contributed by atoms with Crippen LogP contribution in [0, 0.1) is 0 Å². The number of hydrogen-bond donors (Lipinski definition) is 0. The number of aromatic nitrogens is 1. The molecule has 0 saturated carbocycles. The third-order valence-corrected chi connectivity index (χ3v) is 3.83. The average Bonchev–Trinajstić information content (AvgIpc) is 2.78. The molecule has 0 unspecified atom stereocenters. The fourth-order valence-corrected chi connectivity index (χ4v) is 2.69. The molecule has 0 atom stereocenters. The van der Waals surface area contributed by atoms with Crippen LogP contribution in [0.15, 0.2) is 40.3 Å². The molecule has 2 aromatic heterocycles. The number of nitrogens with zero attached hydrogens (tertiary/aromatic N) is 2. The third-order valence-electron chi connectivity index (χ3n) is 2.52. The molecule has 4 heteroatoms. The largest absolute Gasteiger partial charge is 0.349 e. The van der Waals surface area contributed by atoms with Gasteiger partial charge in [-0.1, -0.05) is 12.1 Å². The van der Waals surface area contributed by atoms with Crippen molar-refractivity contribution in [3.8, 4) is 0 Å². The molecule has 17 heavy (non-hydrogen) atoms. The molecule has 0 saturated heterocycles. The molecule has 0 spiro atoms. The van der Waals surface area contributed by atoms with Crippen LogP contribution >= 0.6 is 27.3 Å². The zero-order chi connectivity index (χ0) is 12.3. The first-order valence-electron chi connectivity index (χ1n) is 5.58. The van der Waals surface area contributed by atoms with E-state index in [1.54, 1.807) is 11.3 Å². The lowest BCUT2D eigenvalue weighted by Crippen LogP contribution is -2.30. The maximum Gasteiger partial charge on any atom is 0.130 e. The van der Waals surface area contributed by atoms with Crippen LogP contribution in [0.3, 0.4) is 0 Å². The number of pyridine rings is 1. The summed E-state index contributed by atoms with van der Waals surface area (Å²) in [5.74, 6) is 1.02. The fourth-order valence-electron chi connectivity index (χ4n) is 1.66. The Balaban J connectivity index is 2.23. The van der Waals surface area contributed by atoms with Gasteiger partial charge in [0.05, 0.1) is 6.54 Å². The molecule has 2 heterocycles. The molecule has 0 aliphatic rings. The normalized spacial score (nSPS) is 10.8. The molecule has 0 radical (unpaired) electrons. The van der Waals surface area contributed by atoms with Gasteiger partial charge in [0.2, 0.25) is 0 Å². The summed E-state index contributed by atoms with van der Waals surface area (Å²) >= 11 is 5.21. The summed E-state index contributed by atoms with van der Waals surface area (Å²) in [7, 11) is 0. The maximum atomic E-state index is 4.52. The van der Waals surface area contributed by atoms with Crippen molar-refractivity contribution in [2.45, 2.75) is 26.4 Å². The molecule has 2 rings (SSSR count). The summed E-state index contributed by atoms with van der Waals surface area (Å²) in [6, 6.07) is 10.7. The van der Waals surface area contributed by atoms with Crippen LogP contribution in [0.5, 0.6) is 0 Å². The summed E-state index contributed by atoms with van der Waals surface area (Å²) in [6.07, 6.45) is 0. The molecule has 0 aliphatic heterocycles. The van der Waals surface area contributed by atoms with E-state index in [1.165, 1.54) is 4.88 Å². The van der Waals surface area contributed by atoms with Crippen molar-refractivity contribution in [2.24, 2.45) is 0 Å². The molecule has 0 amide bonds. The molecule has 0 fully saturated rings. The summed E-state index contributed by atoms with van der Waals surface area (Å²) in [5, 5.41) is 2.11. The number of anilines is 1. The van der Waals surface area contributed by atoms with Crippen LogP contribution in [-0.4, -0.2) is 11.0 Å². The zero-order valence-electron chi connectivity index (χ0n) is 9.93.